The Morgan fingerprint density at radius 2 is 2.10 bits per heavy atom. The van der Waals surface area contributed by atoms with Crippen LogP contribution in [0.15, 0.2) is 30.5 Å². The molecule has 3 amide bonds. The molecule has 166 valence electrons. The number of H-pyrrole nitrogens is 1. The van der Waals surface area contributed by atoms with E-state index >= 15 is 0 Å². The Kier molecular flexibility index (Phi) is 6.70. The molecule has 0 aliphatic carbocycles. The average Bonchev–Trinajstić information content (AvgIpc) is 3.45. The largest absolute Gasteiger partial charge is 0.467 e. The monoisotopic (exact) mass is 444 g/mol. The van der Waals surface area contributed by atoms with E-state index in [0.717, 1.165) is 41.5 Å². The number of nitrogens with one attached hydrogen (secondary N) is 4. The van der Waals surface area contributed by atoms with Crippen LogP contribution in [-0.4, -0.2) is 59.1 Å². The maximum atomic E-state index is 12.5. The molecule has 4 N–H and O–H groups in total. The zero-order valence-electron chi connectivity index (χ0n) is 17.5. The zero-order chi connectivity index (χ0) is 21.8. The van der Waals surface area contributed by atoms with Crippen LogP contribution in [0.1, 0.15) is 31.2 Å². The molecule has 2 aromatic rings. The highest BCUT2D eigenvalue weighted by atomic mass is 32.2. The van der Waals surface area contributed by atoms with Gasteiger partial charge in [-0.05, 0) is 24.5 Å². The van der Waals surface area contributed by atoms with E-state index in [1.807, 2.05) is 42.2 Å². The highest BCUT2D eigenvalue weighted by molar-refractivity contribution is 8.00. The molecule has 2 aliphatic heterocycles. The van der Waals surface area contributed by atoms with Gasteiger partial charge in [-0.25, -0.2) is 9.59 Å². The Labute approximate surface area is 185 Å². The number of urea groups is 1. The standard InChI is InChI=1S/C22H28N4O4S/c1-30-21(28)16(10-13-11-23-15-7-3-2-6-14(13)15)24-19(27)9-5-4-8-18-20-17(12-31-18)25-22(29)26-20/h2-3,6-7,11,16-18,20,23H,4-5,8-10,12H2,1H3,(H,24,27)(H2,25,26,29)/t16-,17-,18-,20-/m0/s1. The van der Waals surface area contributed by atoms with Crippen LogP contribution in [0.5, 0.6) is 0 Å². The van der Waals surface area contributed by atoms with E-state index < -0.39 is 12.0 Å². The fraction of sp³-hybridized carbons (Fsp3) is 0.500. The quantitative estimate of drug-likeness (QED) is 0.269. The van der Waals surface area contributed by atoms with Crippen molar-refractivity contribution in [2.75, 3.05) is 12.9 Å². The molecule has 3 heterocycles. The van der Waals surface area contributed by atoms with Crippen LogP contribution in [0.3, 0.4) is 0 Å². The third-order valence-electron chi connectivity index (χ3n) is 6.00. The van der Waals surface area contributed by atoms with Crippen LogP contribution in [0, 0.1) is 0 Å². The molecule has 4 rings (SSSR count). The summed E-state index contributed by atoms with van der Waals surface area (Å²) in [5.74, 6) is 0.336. The van der Waals surface area contributed by atoms with E-state index in [0.29, 0.717) is 18.1 Å². The summed E-state index contributed by atoms with van der Waals surface area (Å²) in [5, 5.41) is 10.2. The number of thioether (sulfide) groups is 1. The molecule has 2 saturated heterocycles. The van der Waals surface area contributed by atoms with Crippen molar-refractivity contribution in [1.29, 1.82) is 0 Å². The Bertz CT molecular complexity index is 962. The Morgan fingerprint density at radius 3 is 2.94 bits per heavy atom. The number of esters is 1. The van der Waals surface area contributed by atoms with Gasteiger partial charge in [0.25, 0.3) is 0 Å². The van der Waals surface area contributed by atoms with Gasteiger partial charge in [0, 0.05) is 40.9 Å². The van der Waals surface area contributed by atoms with Crippen molar-refractivity contribution in [2.24, 2.45) is 0 Å². The fourth-order valence-corrected chi connectivity index (χ4v) is 5.94. The second-order valence-electron chi connectivity index (χ2n) is 8.07. The van der Waals surface area contributed by atoms with Crippen molar-refractivity contribution < 1.29 is 19.1 Å². The fourth-order valence-electron chi connectivity index (χ4n) is 4.40. The van der Waals surface area contributed by atoms with Gasteiger partial charge in [-0.3, -0.25) is 4.79 Å². The zero-order valence-corrected chi connectivity index (χ0v) is 18.3. The summed E-state index contributed by atoms with van der Waals surface area (Å²) >= 11 is 1.87. The van der Waals surface area contributed by atoms with E-state index in [1.54, 1.807) is 0 Å². The number of unbranched alkanes of at least 4 members (excludes halogenated alkanes) is 1. The van der Waals surface area contributed by atoms with Crippen LogP contribution in [-0.2, 0) is 20.7 Å². The van der Waals surface area contributed by atoms with Crippen molar-refractivity contribution in [1.82, 2.24) is 20.9 Å². The van der Waals surface area contributed by atoms with E-state index in [1.165, 1.54) is 7.11 Å². The first-order valence-electron chi connectivity index (χ1n) is 10.7. The molecule has 0 bridgehead atoms. The number of carbonyl (C=O) groups is 3. The van der Waals surface area contributed by atoms with Crippen molar-refractivity contribution in [3.05, 3.63) is 36.0 Å². The summed E-state index contributed by atoms with van der Waals surface area (Å²) in [7, 11) is 1.33. The molecule has 0 unspecified atom stereocenters. The summed E-state index contributed by atoms with van der Waals surface area (Å²) in [4.78, 5) is 39.4. The highest BCUT2D eigenvalue weighted by Gasteiger charge is 2.42. The summed E-state index contributed by atoms with van der Waals surface area (Å²) in [6.07, 6.45) is 5.19. The molecule has 8 nitrogen and oxygen atoms in total. The lowest BCUT2D eigenvalue weighted by Crippen LogP contribution is -2.43. The minimum absolute atomic E-state index is 0.0799. The topological polar surface area (TPSA) is 112 Å². The van der Waals surface area contributed by atoms with Gasteiger partial charge in [0.15, 0.2) is 0 Å². The lowest BCUT2D eigenvalue weighted by atomic mass is 10.0. The van der Waals surface area contributed by atoms with Gasteiger partial charge in [-0.2, -0.15) is 11.8 Å². The Morgan fingerprint density at radius 1 is 1.26 bits per heavy atom. The highest BCUT2D eigenvalue weighted by Crippen LogP contribution is 2.33. The van der Waals surface area contributed by atoms with E-state index in [9.17, 15) is 14.4 Å². The van der Waals surface area contributed by atoms with Gasteiger partial charge in [0.05, 0.1) is 19.2 Å². The van der Waals surface area contributed by atoms with Crippen LogP contribution in [0.25, 0.3) is 10.9 Å². The van der Waals surface area contributed by atoms with Crippen molar-refractivity contribution in [2.45, 2.75) is 55.5 Å². The van der Waals surface area contributed by atoms with Gasteiger partial charge in [-0.15, -0.1) is 0 Å². The average molecular weight is 445 g/mol. The lowest BCUT2D eigenvalue weighted by Gasteiger charge is -2.17. The third kappa shape index (κ3) is 4.98. The van der Waals surface area contributed by atoms with Gasteiger partial charge in [0.1, 0.15) is 6.04 Å². The minimum Gasteiger partial charge on any atom is -0.467 e. The maximum absolute atomic E-state index is 12.5. The molecule has 1 aromatic heterocycles. The van der Waals surface area contributed by atoms with Gasteiger partial charge < -0.3 is 25.7 Å². The number of aromatic nitrogens is 1. The number of ether oxygens (including phenoxy) is 1. The molecule has 2 fully saturated rings. The second-order valence-corrected chi connectivity index (χ2v) is 9.35. The number of hydrogen-bond acceptors (Lipinski definition) is 5. The van der Waals surface area contributed by atoms with Crippen molar-refractivity contribution in [3.8, 4) is 0 Å². The number of fused-ring (bicyclic) bond motifs is 2. The SMILES string of the molecule is COC(=O)[C@H](Cc1c[nH]c2ccccc12)NC(=O)CCCC[C@@H]1SC[C@@H]2NC(=O)N[C@@H]21. The minimum atomic E-state index is -0.720. The Balaban J connectivity index is 1.25. The van der Waals surface area contributed by atoms with Crippen LogP contribution in [0.4, 0.5) is 4.79 Å². The molecule has 1 aromatic carbocycles. The lowest BCUT2D eigenvalue weighted by molar-refractivity contribution is -0.145. The first-order chi connectivity index (χ1) is 15.0. The molecule has 0 spiro atoms. The molecular weight excluding hydrogens is 416 g/mol. The first kappa shape index (κ1) is 21.5. The number of rotatable bonds is 9. The summed E-state index contributed by atoms with van der Waals surface area (Å²) in [5.41, 5.74) is 1.96. The maximum Gasteiger partial charge on any atom is 0.328 e. The van der Waals surface area contributed by atoms with Crippen LogP contribution >= 0.6 is 11.8 Å². The van der Waals surface area contributed by atoms with E-state index in [-0.39, 0.29) is 24.0 Å². The number of methoxy groups -OCH3 is 1. The predicted molar refractivity (Wildman–Crippen MR) is 120 cm³/mol. The smallest absolute Gasteiger partial charge is 0.328 e. The number of amides is 3. The summed E-state index contributed by atoms with van der Waals surface area (Å²) in [6.45, 7) is 0. The third-order valence-corrected chi connectivity index (χ3v) is 7.51. The predicted octanol–water partition coefficient (Wildman–Crippen LogP) is 2.09. The molecular formula is C22H28N4O4S. The molecule has 0 radical (unpaired) electrons. The van der Waals surface area contributed by atoms with Crippen LogP contribution in [0.2, 0.25) is 0 Å². The number of carbonyl (C=O) groups excluding carboxylic acids is 3. The van der Waals surface area contributed by atoms with E-state index in [2.05, 4.69) is 20.9 Å². The summed E-state index contributed by atoms with van der Waals surface area (Å²) < 4.78 is 4.91. The van der Waals surface area contributed by atoms with Gasteiger partial charge in [-0.1, -0.05) is 24.6 Å². The van der Waals surface area contributed by atoms with E-state index in [4.69, 9.17) is 4.74 Å². The normalized spacial score (nSPS) is 23.1. The number of aromatic amines is 1. The number of benzene rings is 1. The molecule has 9 heteroatoms. The van der Waals surface area contributed by atoms with Crippen molar-refractivity contribution >= 4 is 40.6 Å². The Hall–Kier alpha value is -2.68. The molecule has 2 aliphatic rings. The van der Waals surface area contributed by atoms with Crippen LogP contribution < -0.4 is 16.0 Å². The van der Waals surface area contributed by atoms with Gasteiger partial charge >= 0.3 is 12.0 Å². The second kappa shape index (κ2) is 9.64. The molecule has 0 saturated carbocycles. The van der Waals surface area contributed by atoms with Gasteiger partial charge in [0.2, 0.25) is 5.91 Å². The summed E-state index contributed by atoms with van der Waals surface area (Å²) in [6, 6.07) is 7.47. The molecule has 31 heavy (non-hydrogen) atoms. The molecule has 4 atom stereocenters. The number of para-hydroxylation sites is 1. The van der Waals surface area contributed by atoms with Crippen molar-refractivity contribution in [3.63, 3.8) is 0 Å². The number of hydrogen-bond donors (Lipinski definition) is 4. The first-order valence-corrected chi connectivity index (χ1v) is 11.7.